The second kappa shape index (κ2) is 15.1. The third-order valence-corrected chi connectivity index (χ3v) is 12.4. The Morgan fingerprint density at radius 2 is 1.27 bits per heavy atom. The summed E-state index contributed by atoms with van der Waals surface area (Å²) in [6.45, 7) is 1.41. The summed E-state index contributed by atoms with van der Waals surface area (Å²) in [6.07, 6.45) is 0. The van der Waals surface area contributed by atoms with Crippen molar-refractivity contribution in [1.29, 1.82) is 0 Å². The van der Waals surface area contributed by atoms with Gasteiger partial charge in [0, 0.05) is 29.1 Å². The minimum Gasteiger partial charge on any atom is -0.424 e. The van der Waals surface area contributed by atoms with Crippen LogP contribution in [-0.4, -0.2) is 70.0 Å². The Hall–Kier alpha value is -7.21. The normalized spacial score (nSPS) is 12.5. The van der Waals surface area contributed by atoms with Crippen molar-refractivity contribution in [3.63, 3.8) is 0 Å². The molecule has 0 saturated heterocycles. The molecule has 19 nitrogen and oxygen atoms in total. The Kier molecular flexibility index (Phi) is 10.1. The predicted octanol–water partition coefficient (Wildman–Crippen LogP) is 5.49. The number of hydrogen-bond donors (Lipinski definition) is 5. The highest BCUT2D eigenvalue weighted by molar-refractivity contribution is 7.87. The molecule has 1 aliphatic carbocycles. The summed E-state index contributed by atoms with van der Waals surface area (Å²) in [4.78, 5) is 52.4. The summed E-state index contributed by atoms with van der Waals surface area (Å²) < 4.78 is 111. The minimum absolute atomic E-state index is 0.00209. The molecule has 8 rings (SSSR count). The Balaban J connectivity index is 1.30. The van der Waals surface area contributed by atoms with Crippen molar-refractivity contribution in [1.82, 2.24) is 19.5 Å². The first kappa shape index (κ1) is 41.5. The van der Waals surface area contributed by atoms with E-state index in [0.717, 1.165) is 18.2 Å². The number of nitrogens with one attached hydrogen (secondary N) is 2. The fourth-order valence-corrected chi connectivity index (χ4v) is 8.88. The first-order valence-electron chi connectivity index (χ1n) is 17.8. The molecule has 0 unspecified atom stereocenters. The van der Waals surface area contributed by atoms with Gasteiger partial charge in [-0.25, -0.2) is 0 Å². The Morgan fingerprint density at radius 3 is 1.90 bits per heavy atom. The van der Waals surface area contributed by atoms with Gasteiger partial charge in [0.2, 0.25) is 5.95 Å². The molecular weight excluding hydrogens is 869 g/mol. The van der Waals surface area contributed by atoms with E-state index in [4.69, 9.17) is 4.74 Å². The molecule has 0 fully saturated rings. The maximum atomic E-state index is 14.5. The summed E-state index contributed by atoms with van der Waals surface area (Å²) in [5, 5.41) is 5.55. The number of hydrogen-bond acceptors (Lipinski definition) is 15. The van der Waals surface area contributed by atoms with Crippen molar-refractivity contribution in [2.24, 2.45) is 7.05 Å². The van der Waals surface area contributed by atoms with Crippen molar-refractivity contribution >= 4 is 75.8 Å². The van der Waals surface area contributed by atoms with Gasteiger partial charge in [-0.05, 0) is 61.0 Å². The van der Waals surface area contributed by atoms with E-state index < -0.39 is 85.5 Å². The number of pyridine rings is 1. The SMILES string of the molecule is Cc1nc(Nc2cc(Nc3ccc4c5c3C(=O)c3ccccc3-c5c(C(=O)c3ccccc3)c(=O)n4C)c(S(=O)(=O)O)cc2S(=O)(=O)O)nc(Oc2ccc(S(=O)(=O)O)cc2)n1. The third kappa shape index (κ3) is 7.57. The Morgan fingerprint density at radius 1 is 0.661 bits per heavy atom. The lowest BCUT2D eigenvalue weighted by Crippen LogP contribution is -2.29. The predicted molar refractivity (Wildman–Crippen MR) is 221 cm³/mol. The number of benzene rings is 5. The van der Waals surface area contributed by atoms with Crippen LogP contribution in [0.15, 0.2) is 123 Å². The molecule has 0 spiro atoms. The monoisotopic (exact) mass is 896 g/mol. The first-order valence-corrected chi connectivity index (χ1v) is 22.1. The van der Waals surface area contributed by atoms with E-state index in [2.05, 4.69) is 25.6 Å². The van der Waals surface area contributed by atoms with Crippen LogP contribution in [0.4, 0.5) is 23.0 Å². The lowest BCUT2D eigenvalue weighted by Gasteiger charge is -2.26. The van der Waals surface area contributed by atoms with E-state index in [0.29, 0.717) is 6.07 Å². The second-order valence-corrected chi connectivity index (χ2v) is 17.8. The topological polar surface area (TPSA) is 291 Å². The number of anilines is 4. The molecule has 22 heteroatoms. The van der Waals surface area contributed by atoms with Gasteiger partial charge in [-0.1, -0.05) is 54.6 Å². The van der Waals surface area contributed by atoms with Crippen LogP contribution < -0.4 is 20.9 Å². The van der Waals surface area contributed by atoms with Gasteiger partial charge < -0.3 is 19.9 Å². The van der Waals surface area contributed by atoms with Gasteiger partial charge in [-0.15, -0.1) is 0 Å². The van der Waals surface area contributed by atoms with Gasteiger partial charge >= 0.3 is 6.01 Å². The molecule has 5 N–H and O–H groups in total. The molecule has 7 aromatic rings. The summed E-state index contributed by atoms with van der Waals surface area (Å²) in [5.41, 5.74) is -1.22. The van der Waals surface area contributed by atoms with Crippen molar-refractivity contribution in [3.8, 4) is 22.9 Å². The fourth-order valence-electron chi connectivity index (χ4n) is 7.01. The number of carbonyl (C=O) groups excluding carboxylic acids is 2. The standard InChI is InChI=1S/C40H28N6O13S3/c1-20-41-39(45-40(42-20)59-22-12-14-23(15-13-22)60(50,51)52)44-28-18-27(30(61(53,54)55)19-31(28)62(56,57)58)43-26-16-17-29-34-32(24-10-6-7-11-25(24)37(48)33(26)34)35(38(49)46(29)2)36(47)21-8-4-3-5-9-21/h3-19,43H,1-2H3,(H,50,51,52)(H,53,54,55)(H,56,57,58)(H,41,42,44,45). The zero-order valence-electron chi connectivity index (χ0n) is 31.8. The number of rotatable bonds is 11. The second-order valence-electron chi connectivity index (χ2n) is 13.6. The summed E-state index contributed by atoms with van der Waals surface area (Å²) in [7, 11) is -13.7. The van der Waals surface area contributed by atoms with Crippen LogP contribution in [0, 0.1) is 6.92 Å². The molecule has 2 aromatic heterocycles. The Labute approximate surface area is 351 Å². The smallest absolute Gasteiger partial charge is 0.327 e. The molecule has 0 aliphatic heterocycles. The van der Waals surface area contributed by atoms with Gasteiger partial charge in [0.15, 0.2) is 11.6 Å². The molecule has 0 radical (unpaired) electrons. The molecule has 0 atom stereocenters. The van der Waals surface area contributed by atoms with Crippen molar-refractivity contribution < 1.29 is 53.2 Å². The average molecular weight is 897 g/mol. The fraction of sp³-hybridized carbons (Fsp3) is 0.0500. The van der Waals surface area contributed by atoms with E-state index in [-0.39, 0.29) is 61.5 Å². The van der Waals surface area contributed by atoms with E-state index in [1.165, 1.54) is 61.0 Å². The lowest BCUT2D eigenvalue weighted by molar-refractivity contribution is 0.102. The maximum Gasteiger partial charge on any atom is 0.327 e. The van der Waals surface area contributed by atoms with Crippen LogP contribution in [0.25, 0.3) is 22.0 Å². The molecule has 314 valence electrons. The highest BCUT2D eigenvalue weighted by Crippen LogP contribution is 2.45. The van der Waals surface area contributed by atoms with Crippen LogP contribution in [0.5, 0.6) is 11.8 Å². The summed E-state index contributed by atoms with van der Waals surface area (Å²) >= 11 is 0. The summed E-state index contributed by atoms with van der Waals surface area (Å²) in [5.74, 6) is -1.63. The van der Waals surface area contributed by atoms with Crippen LogP contribution in [0.3, 0.4) is 0 Å². The molecule has 5 aromatic carbocycles. The molecule has 0 bridgehead atoms. The quantitative estimate of drug-likeness (QED) is 0.0791. The molecule has 0 amide bonds. The van der Waals surface area contributed by atoms with Gasteiger partial charge in [0.25, 0.3) is 35.9 Å². The highest BCUT2D eigenvalue weighted by Gasteiger charge is 2.35. The zero-order valence-corrected chi connectivity index (χ0v) is 34.2. The molecular formula is C40H28N6O13S3. The number of aromatic nitrogens is 4. The lowest BCUT2D eigenvalue weighted by atomic mass is 9.80. The molecule has 1 aliphatic rings. The van der Waals surface area contributed by atoms with Gasteiger partial charge in [0.1, 0.15) is 21.4 Å². The maximum absolute atomic E-state index is 14.5. The number of aryl methyl sites for hydroxylation is 2. The summed E-state index contributed by atoms with van der Waals surface area (Å²) in [6, 6.07) is 22.5. The molecule has 0 saturated carbocycles. The minimum atomic E-state index is -5.32. The van der Waals surface area contributed by atoms with E-state index in [1.54, 1.807) is 36.4 Å². The van der Waals surface area contributed by atoms with Crippen molar-refractivity contribution in [3.05, 3.63) is 142 Å². The van der Waals surface area contributed by atoms with Crippen LogP contribution in [0.2, 0.25) is 0 Å². The highest BCUT2D eigenvalue weighted by atomic mass is 32.2. The van der Waals surface area contributed by atoms with Gasteiger partial charge in [-0.2, -0.15) is 40.2 Å². The number of nitrogens with zero attached hydrogens (tertiary/aromatic N) is 4. The van der Waals surface area contributed by atoms with Crippen LogP contribution >= 0.6 is 0 Å². The first-order chi connectivity index (χ1) is 29.2. The molecule has 2 heterocycles. The third-order valence-electron chi connectivity index (χ3n) is 9.71. The van der Waals surface area contributed by atoms with E-state index in [9.17, 15) is 53.3 Å². The number of ether oxygens (including phenoxy) is 1. The van der Waals surface area contributed by atoms with E-state index >= 15 is 0 Å². The zero-order chi connectivity index (χ0) is 44.5. The van der Waals surface area contributed by atoms with Crippen LogP contribution in [0.1, 0.15) is 37.7 Å². The largest absolute Gasteiger partial charge is 0.424 e. The van der Waals surface area contributed by atoms with Crippen molar-refractivity contribution in [2.75, 3.05) is 10.6 Å². The average Bonchev–Trinajstić information content (AvgIpc) is 3.20. The van der Waals surface area contributed by atoms with E-state index in [1.807, 2.05) is 0 Å². The van der Waals surface area contributed by atoms with Gasteiger partial charge in [-0.3, -0.25) is 28.0 Å². The van der Waals surface area contributed by atoms with Crippen LogP contribution in [-0.2, 0) is 37.4 Å². The Bertz CT molecular complexity index is 3490. The van der Waals surface area contributed by atoms with Crippen molar-refractivity contribution in [2.45, 2.75) is 21.6 Å². The number of carbonyl (C=O) groups is 2. The number of fused-ring (bicyclic) bond motifs is 2. The van der Waals surface area contributed by atoms with Gasteiger partial charge in [0.05, 0.1) is 38.6 Å². The number of ketones is 2. The molecule has 62 heavy (non-hydrogen) atoms.